The van der Waals surface area contributed by atoms with Gasteiger partial charge in [-0.15, -0.1) is 0 Å². The van der Waals surface area contributed by atoms with Crippen LogP contribution in [0.15, 0.2) is 30.6 Å². The molecular formula is C16H16F4N4O2. The second-order valence-corrected chi connectivity index (χ2v) is 5.57. The lowest BCUT2D eigenvalue weighted by atomic mass is 10.1. The highest BCUT2D eigenvalue weighted by atomic mass is 19.4. The number of benzene rings is 1. The van der Waals surface area contributed by atoms with Gasteiger partial charge in [0.1, 0.15) is 5.82 Å². The third-order valence-corrected chi connectivity index (χ3v) is 3.56. The van der Waals surface area contributed by atoms with Gasteiger partial charge in [0, 0.05) is 24.3 Å². The summed E-state index contributed by atoms with van der Waals surface area (Å²) in [5.74, 6) is -0.447. The zero-order valence-electron chi connectivity index (χ0n) is 13.5. The SMILES string of the molecule is Fc1cc(Nc2ncc(OCC(F)(F)F)cn2)ccc1[C@@H]1CNCCO1. The highest BCUT2D eigenvalue weighted by Crippen LogP contribution is 2.25. The molecule has 2 aromatic rings. The van der Waals surface area contributed by atoms with Crippen LogP contribution in [0.3, 0.4) is 0 Å². The van der Waals surface area contributed by atoms with Gasteiger partial charge in [0.05, 0.1) is 25.1 Å². The molecular weight excluding hydrogens is 356 g/mol. The first-order chi connectivity index (χ1) is 12.4. The van der Waals surface area contributed by atoms with Gasteiger partial charge >= 0.3 is 6.18 Å². The highest BCUT2D eigenvalue weighted by Gasteiger charge is 2.28. The fourth-order valence-electron chi connectivity index (χ4n) is 2.38. The molecule has 140 valence electrons. The fourth-order valence-corrected chi connectivity index (χ4v) is 2.38. The first kappa shape index (κ1) is 18.3. The molecule has 3 rings (SSSR count). The number of nitrogens with one attached hydrogen (secondary N) is 2. The number of hydrogen-bond acceptors (Lipinski definition) is 6. The molecule has 26 heavy (non-hydrogen) atoms. The van der Waals surface area contributed by atoms with Crippen molar-refractivity contribution in [1.82, 2.24) is 15.3 Å². The minimum absolute atomic E-state index is 0.104. The molecule has 0 aliphatic carbocycles. The van der Waals surface area contributed by atoms with Gasteiger partial charge in [0.25, 0.3) is 0 Å². The quantitative estimate of drug-likeness (QED) is 0.787. The number of aromatic nitrogens is 2. The summed E-state index contributed by atoms with van der Waals surface area (Å²) in [5.41, 5.74) is 0.846. The molecule has 0 amide bonds. The second-order valence-electron chi connectivity index (χ2n) is 5.57. The van der Waals surface area contributed by atoms with Crippen molar-refractivity contribution in [3.63, 3.8) is 0 Å². The predicted molar refractivity (Wildman–Crippen MR) is 84.8 cm³/mol. The van der Waals surface area contributed by atoms with E-state index >= 15 is 0 Å². The van der Waals surface area contributed by atoms with Crippen molar-refractivity contribution in [2.75, 3.05) is 31.6 Å². The van der Waals surface area contributed by atoms with Crippen LogP contribution >= 0.6 is 0 Å². The van der Waals surface area contributed by atoms with Gasteiger partial charge in [-0.05, 0) is 12.1 Å². The summed E-state index contributed by atoms with van der Waals surface area (Å²) in [6.45, 7) is 0.360. The maximum Gasteiger partial charge on any atom is 0.422 e. The maximum atomic E-state index is 14.3. The van der Waals surface area contributed by atoms with E-state index in [1.54, 1.807) is 12.1 Å². The van der Waals surface area contributed by atoms with Gasteiger partial charge in [-0.2, -0.15) is 13.2 Å². The third kappa shape index (κ3) is 5.02. The van der Waals surface area contributed by atoms with Crippen LogP contribution in [0.1, 0.15) is 11.7 Å². The summed E-state index contributed by atoms with van der Waals surface area (Å²) in [6, 6.07) is 4.54. The van der Waals surface area contributed by atoms with Crippen molar-refractivity contribution >= 4 is 11.6 Å². The summed E-state index contributed by atoms with van der Waals surface area (Å²) in [4.78, 5) is 7.69. The van der Waals surface area contributed by atoms with E-state index in [1.165, 1.54) is 6.07 Å². The maximum absolute atomic E-state index is 14.3. The van der Waals surface area contributed by atoms with E-state index in [2.05, 4.69) is 25.3 Å². The standard InChI is InChI=1S/C16H16F4N4O2/c17-13-5-10(1-2-12(13)14-8-21-3-4-25-14)24-15-22-6-11(7-23-15)26-9-16(18,19)20/h1-2,5-7,14,21H,3-4,8-9H2,(H,22,23,24)/t14-/m0/s1. The minimum Gasteiger partial charge on any atom is -0.481 e. The van der Waals surface area contributed by atoms with E-state index in [9.17, 15) is 17.6 Å². The molecule has 10 heteroatoms. The normalized spacial score (nSPS) is 17.8. The molecule has 0 spiro atoms. The van der Waals surface area contributed by atoms with Crippen molar-refractivity contribution in [2.24, 2.45) is 0 Å². The zero-order chi connectivity index (χ0) is 18.6. The van der Waals surface area contributed by atoms with Crippen LogP contribution in [0.25, 0.3) is 0 Å². The van der Waals surface area contributed by atoms with Gasteiger partial charge in [-0.1, -0.05) is 6.07 Å². The summed E-state index contributed by atoms with van der Waals surface area (Å²) in [5, 5.41) is 5.91. The average Bonchev–Trinajstić information content (AvgIpc) is 2.61. The molecule has 1 aliphatic heterocycles. The third-order valence-electron chi connectivity index (χ3n) is 3.56. The molecule has 0 saturated carbocycles. The number of rotatable bonds is 5. The monoisotopic (exact) mass is 372 g/mol. The number of ether oxygens (including phenoxy) is 2. The van der Waals surface area contributed by atoms with E-state index in [1.807, 2.05) is 0 Å². The van der Waals surface area contributed by atoms with Crippen molar-refractivity contribution in [3.05, 3.63) is 42.0 Å². The Kier molecular flexibility index (Phi) is 5.52. The van der Waals surface area contributed by atoms with Crippen LogP contribution in [-0.4, -0.2) is 42.4 Å². The number of halogens is 4. The molecule has 6 nitrogen and oxygen atoms in total. The second kappa shape index (κ2) is 7.83. The summed E-state index contributed by atoms with van der Waals surface area (Å²) < 4.78 is 60.6. The molecule has 0 radical (unpaired) electrons. The number of nitrogens with zero attached hydrogens (tertiary/aromatic N) is 2. The molecule has 1 aromatic carbocycles. The van der Waals surface area contributed by atoms with Gasteiger partial charge in [0.15, 0.2) is 12.4 Å². The molecule has 1 aliphatic rings. The topological polar surface area (TPSA) is 68.3 Å². The van der Waals surface area contributed by atoms with Crippen LogP contribution in [-0.2, 0) is 4.74 Å². The molecule has 1 atom stereocenters. The zero-order valence-corrected chi connectivity index (χ0v) is 13.5. The van der Waals surface area contributed by atoms with Crippen LogP contribution in [0.4, 0.5) is 29.2 Å². The van der Waals surface area contributed by atoms with Gasteiger partial charge in [-0.25, -0.2) is 14.4 Å². The molecule has 0 bridgehead atoms. The highest BCUT2D eigenvalue weighted by molar-refractivity contribution is 5.54. The van der Waals surface area contributed by atoms with Crippen molar-refractivity contribution in [2.45, 2.75) is 12.3 Å². The van der Waals surface area contributed by atoms with Crippen LogP contribution in [0.5, 0.6) is 5.75 Å². The summed E-state index contributed by atoms with van der Waals surface area (Å²) in [6.07, 6.45) is -2.58. The van der Waals surface area contributed by atoms with Crippen LogP contribution in [0, 0.1) is 5.82 Å². The number of alkyl halides is 3. The smallest absolute Gasteiger partial charge is 0.422 e. The lowest BCUT2D eigenvalue weighted by Gasteiger charge is -2.24. The average molecular weight is 372 g/mol. The van der Waals surface area contributed by atoms with Crippen molar-refractivity contribution < 1.29 is 27.0 Å². The Labute approximate surface area is 146 Å². The minimum atomic E-state index is -4.44. The molecule has 1 fully saturated rings. The van der Waals surface area contributed by atoms with Crippen molar-refractivity contribution in [3.8, 4) is 5.75 Å². The first-order valence-electron chi connectivity index (χ1n) is 7.81. The largest absolute Gasteiger partial charge is 0.481 e. The van der Waals surface area contributed by atoms with E-state index in [0.717, 1.165) is 18.9 Å². The Balaban J connectivity index is 1.62. The van der Waals surface area contributed by atoms with Crippen LogP contribution in [0.2, 0.25) is 0 Å². The molecule has 0 unspecified atom stereocenters. The van der Waals surface area contributed by atoms with E-state index < -0.39 is 18.6 Å². The summed E-state index contributed by atoms with van der Waals surface area (Å²) >= 11 is 0. The van der Waals surface area contributed by atoms with Gasteiger partial charge in [-0.3, -0.25) is 0 Å². The predicted octanol–water partition coefficient (Wildman–Crippen LogP) is 2.96. The van der Waals surface area contributed by atoms with Crippen LogP contribution < -0.4 is 15.4 Å². The lowest BCUT2D eigenvalue weighted by molar-refractivity contribution is -0.153. The molecule has 1 saturated heterocycles. The fraction of sp³-hybridized carbons (Fsp3) is 0.375. The molecule has 2 heterocycles. The first-order valence-corrected chi connectivity index (χ1v) is 7.81. The molecule has 1 aromatic heterocycles. The lowest BCUT2D eigenvalue weighted by Crippen LogP contribution is -2.33. The molecule has 2 N–H and O–H groups in total. The Morgan fingerprint density at radius 2 is 2.04 bits per heavy atom. The van der Waals surface area contributed by atoms with Gasteiger partial charge in [0.2, 0.25) is 5.95 Å². The Hall–Kier alpha value is -2.46. The Morgan fingerprint density at radius 1 is 1.27 bits per heavy atom. The van der Waals surface area contributed by atoms with E-state index in [4.69, 9.17) is 4.74 Å². The van der Waals surface area contributed by atoms with E-state index in [0.29, 0.717) is 24.4 Å². The summed E-state index contributed by atoms with van der Waals surface area (Å²) in [7, 11) is 0. The van der Waals surface area contributed by atoms with Gasteiger partial charge < -0.3 is 20.1 Å². The Morgan fingerprint density at radius 3 is 2.65 bits per heavy atom. The number of morpholine rings is 1. The van der Waals surface area contributed by atoms with Crippen molar-refractivity contribution in [1.29, 1.82) is 0 Å². The number of anilines is 2. The Bertz CT molecular complexity index is 734. The number of hydrogen-bond donors (Lipinski definition) is 2. The van der Waals surface area contributed by atoms with E-state index in [-0.39, 0.29) is 17.8 Å².